The third-order valence-electron chi connectivity index (χ3n) is 5.58. The number of hydrogen-bond acceptors (Lipinski definition) is 5. The molecule has 2 saturated heterocycles. The van der Waals surface area contributed by atoms with Crippen LogP contribution in [0.25, 0.3) is 0 Å². The number of halogens is 1. The summed E-state index contributed by atoms with van der Waals surface area (Å²) in [5.74, 6) is -0.468. The molecule has 2 aliphatic heterocycles. The van der Waals surface area contributed by atoms with Gasteiger partial charge < -0.3 is 24.3 Å². The molecule has 0 spiro atoms. The number of hydrogen-bond donors (Lipinski definition) is 1. The maximum absolute atomic E-state index is 13.3. The molecule has 9 heteroatoms. The van der Waals surface area contributed by atoms with Crippen LogP contribution in [0, 0.1) is 5.82 Å². The van der Waals surface area contributed by atoms with Crippen molar-refractivity contribution < 1.29 is 23.5 Å². The first-order chi connectivity index (χ1) is 15.1. The molecule has 2 fully saturated rings. The molecule has 2 atom stereocenters. The van der Waals surface area contributed by atoms with Crippen molar-refractivity contribution in [3.8, 4) is 0 Å². The molecule has 166 valence electrons. The van der Waals surface area contributed by atoms with E-state index in [0.29, 0.717) is 38.3 Å². The Balaban J connectivity index is 1.19. The number of imidazole rings is 1. The molecule has 3 heterocycles. The summed E-state index contributed by atoms with van der Waals surface area (Å²) in [4.78, 5) is 30.6. The molecule has 1 aromatic carbocycles. The minimum absolute atomic E-state index is 0.0975. The van der Waals surface area contributed by atoms with E-state index in [0.717, 1.165) is 13.0 Å². The van der Waals surface area contributed by atoms with Crippen LogP contribution in [0.4, 0.5) is 4.39 Å². The Morgan fingerprint density at radius 1 is 1.19 bits per heavy atom. The fourth-order valence-corrected chi connectivity index (χ4v) is 3.98. The lowest BCUT2D eigenvalue weighted by Gasteiger charge is -2.19. The van der Waals surface area contributed by atoms with E-state index in [4.69, 9.17) is 9.47 Å². The lowest BCUT2D eigenvalue weighted by atomic mass is 10.1. The van der Waals surface area contributed by atoms with Gasteiger partial charge in [-0.05, 0) is 24.1 Å². The van der Waals surface area contributed by atoms with E-state index in [9.17, 15) is 14.0 Å². The summed E-state index contributed by atoms with van der Waals surface area (Å²) in [5.41, 5.74) is 0.618. The number of nitrogens with one attached hydrogen (secondary N) is 1. The molecule has 4 rings (SSSR count). The zero-order chi connectivity index (χ0) is 21.6. The molecule has 1 N–H and O–H groups in total. The first-order valence-electron chi connectivity index (χ1n) is 10.6. The Bertz CT molecular complexity index is 875. The normalized spacial score (nSPS) is 21.5. The summed E-state index contributed by atoms with van der Waals surface area (Å²) in [6.07, 6.45) is 6.29. The highest BCUT2D eigenvalue weighted by atomic mass is 19.1. The molecule has 0 saturated carbocycles. The van der Waals surface area contributed by atoms with Gasteiger partial charge in [0.05, 0.1) is 32.0 Å². The van der Waals surface area contributed by atoms with Crippen molar-refractivity contribution in [3.63, 3.8) is 0 Å². The Labute approximate surface area is 180 Å². The lowest BCUT2D eigenvalue weighted by molar-refractivity contribution is -0.131. The second-order valence-electron chi connectivity index (χ2n) is 8.02. The minimum atomic E-state index is -0.361. The summed E-state index contributed by atoms with van der Waals surface area (Å²) in [7, 11) is 0. The van der Waals surface area contributed by atoms with Crippen LogP contribution in [0.3, 0.4) is 0 Å². The zero-order valence-corrected chi connectivity index (χ0v) is 17.3. The number of fused-ring (bicyclic) bond motifs is 1. The van der Waals surface area contributed by atoms with E-state index >= 15 is 0 Å². The van der Waals surface area contributed by atoms with Gasteiger partial charge in [0.15, 0.2) is 0 Å². The number of likely N-dealkylation sites (tertiary alicyclic amines) is 1. The van der Waals surface area contributed by atoms with Crippen LogP contribution in [-0.4, -0.2) is 70.8 Å². The summed E-state index contributed by atoms with van der Waals surface area (Å²) < 4.78 is 27.1. The van der Waals surface area contributed by atoms with Crippen molar-refractivity contribution in [1.82, 2.24) is 19.8 Å². The Morgan fingerprint density at radius 2 is 1.97 bits per heavy atom. The number of aryl methyl sites for hydroxylation is 1. The number of nitrogens with zero attached hydrogens (tertiary/aromatic N) is 3. The van der Waals surface area contributed by atoms with Crippen molar-refractivity contribution in [2.45, 2.75) is 44.1 Å². The SMILES string of the molecule is O=C(Cc1cccc(F)c1)NC1CO[C@H]2CN(C(=O)CCCn3ccnc3)C[C@@H]2OC1. The van der Waals surface area contributed by atoms with Crippen LogP contribution in [0.15, 0.2) is 43.0 Å². The average Bonchev–Trinajstić information content (AvgIpc) is 3.36. The van der Waals surface area contributed by atoms with Gasteiger partial charge in [0.1, 0.15) is 18.0 Å². The predicted molar refractivity (Wildman–Crippen MR) is 110 cm³/mol. The number of ether oxygens (including phenoxy) is 2. The van der Waals surface area contributed by atoms with Crippen molar-refractivity contribution in [2.75, 3.05) is 26.3 Å². The van der Waals surface area contributed by atoms with Gasteiger partial charge in [-0.2, -0.15) is 0 Å². The van der Waals surface area contributed by atoms with Gasteiger partial charge in [-0.25, -0.2) is 9.37 Å². The topological polar surface area (TPSA) is 85.7 Å². The standard InChI is InChI=1S/C22H27FN4O4/c23-17-4-1-3-16(9-17)10-21(28)25-18-13-30-19-11-27(12-20(19)31-14-18)22(29)5-2-7-26-8-6-24-15-26/h1,3-4,6,8-9,15,18-20H,2,5,7,10-14H2,(H,25,28)/t19-,20-/m0/s1. The van der Waals surface area contributed by atoms with Gasteiger partial charge >= 0.3 is 0 Å². The molecular formula is C22H27FN4O4. The van der Waals surface area contributed by atoms with Gasteiger partial charge in [0, 0.05) is 38.4 Å². The van der Waals surface area contributed by atoms with Gasteiger partial charge in [0.2, 0.25) is 11.8 Å². The largest absolute Gasteiger partial charge is 0.371 e. The molecule has 1 aromatic heterocycles. The molecule has 0 radical (unpaired) electrons. The third kappa shape index (κ3) is 5.89. The molecule has 2 amide bonds. The van der Waals surface area contributed by atoms with Crippen LogP contribution < -0.4 is 5.32 Å². The van der Waals surface area contributed by atoms with E-state index in [1.807, 2.05) is 10.8 Å². The van der Waals surface area contributed by atoms with E-state index in [1.165, 1.54) is 12.1 Å². The molecule has 0 unspecified atom stereocenters. The molecule has 0 bridgehead atoms. The molecular weight excluding hydrogens is 403 g/mol. The lowest BCUT2D eigenvalue weighted by Crippen LogP contribution is -2.42. The highest BCUT2D eigenvalue weighted by Gasteiger charge is 2.39. The number of benzene rings is 1. The van der Waals surface area contributed by atoms with Gasteiger partial charge in [0.25, 0.3) is 0 Å². The highest BCUT2D eigenvalue weighted by molar-refractivity contribution is 5.79. The number of amides is 2. The number of aromatic nitrogens is 2. The number of carbonyl (C=O) groups is 2. The van der Waals surface area contributed by atoms with Crippen LogP contribution in [0.5, 0.6) is 0 Å². The molecule has 31 heavy (non-hydrogen) atoms. The van der Waals surface area contributed by atoms with Crippen molar-refractivity contribution >= 4 is 11.8 Å². The van der Waals surface area contributed by atoms with E-state index in [-0.39, 0.29) is 42.3 Å². The second-order valence-corrected chi connectivity index (χ2v) is 8.02. The van der Waals surface area contributed by atoms with Crippen LogP contribution >= 0.6 is 0 Å². The van der Waals surface area contributed by atoms with Gasteiger partial charge in [-0.3, -0.25) is 9.59 Å². The van der Waals surface area contributed by atoms with Crippen LogP contribution in [-0.2, 0) is 32.0 Å². The van der Waals surface area contributed by atoms with Crippen molar-refractivity contribution in [1.29, 1.82) is 0 Å². The highest BCUT2D eigenvalue weighted by Crippen LogP contribution is 2.21. The van der Waals surface area contributed by atoms with Gasteiger partial charge in [-0.1, -0.05) is 12.1 Å². The average molecular weight is 430 g/mol. The second kappa shape index (κ2) is 10.0. The maximum Gasteiger partial charge on any atom is 0.224 e. The first-order valence-corrected chi connectivity index (χ1v) is 10.6. The molecule has 2 aromatic rings. The van der Waals surface area contributed by atoms with Crippen LogP contribution in [0.2, 0.25) is 0 Å². The van der Waals surface area contributed by atoms with Crippen LogP contribution in [0.1, 0.15) is 18.4 Å². The van der Waals surface area contributed by atoms with Crippen molar-refractivity contribution in [2.24, 2.45) is 0 Å². The van der Waals surface area contributed by atoms with Crippen molar-refractivity contribution in [3.05, 3.63) is 54.4 Å². The Morgan fingerprint density at radius 3 is 2.65 bits per heavy atom. The molecule has 8 nitrogen and oxygen atoms in total. The minimum Gasteiger partial charge on any atom is -0.371 e. The number of carbonyl (C=O) groups excluding carboxylic acids is 2. The number of rotatable bonds is 7. The van der Waals surface area contributed by atoms with E-state index in [2.05, 4.69) is 10.3 Å². The monoisotopic (exact) mass is 430 g/mol. The molecule has 0 aliphatic carbocycles. The maximum atomic E-state index is 13.3. The quantitative estimate of drug-likeness (QED) is 0.713. The summed E-state index contributed by atoms with van der Waals surface area (Å²) in [5, 5.41) is 2.89. The van der Waals surface area contributed by atoms with E-state index in [1.54, 1.807) is 29.6 Å². The summed E-state index contributed by atoms with van der Waals surface area (Å²) >= 11 is 0. The molecule has 2 aliphatic rings. The first kappa shape index (κ1) is 21.5. The smallest absolute Gasteiger partial charge is 0.224 e. The fourth-order valence-electron chi connectivity index (χ4n) is 3.98. The third-order valence-corrected chi connectivity index (χ3v) is 5.58. The Hall–Kier alpha value is -2.78. The van der Waals surface area contributed by atoms with Gasteiger partial charge in [-0.15, -0.1) is 0 Å². The summed E-state index contributed by atoms with van der Waals surface area (Å²) in [6, 6.07) is 5.73. The summed E-state index contributed by atoms with van der Waals surface area (Å²) in [6.45, 7) is 2.39. The van der Waals surface area contributed by atoms with E-state index < -0.39 is 0 Å². The predicted octanol–water partition coefficient (Wildman–Crippen LogP) is 1.16. The zero-order valence-electron chi connectivity index (χ0n) is 17.3. The Kier molecular flexibility index (Phi) is 6.93. The fraction of sp³-hybridized carbons (Fsp3) is 0.500.